The molecular weight excluding hydrogens is 254 g/mol. The van der Waals surface area contributed by atoms with Crippen molar-refractivity contribution in [3.05, 3.63) is 0 Å². The molecule has 0 bridgehead atoms. The van der Waals surface area contributed by atoms with Crippen LogP contribution < -0.4 is 0 Å². The van der Waals surface area contributed by atoms with Crippen LogP contribution >= 0.6 is 34.8 Å². The van der Waals surface area contributed by atoms with Gasteiger partial charge in [-0.15, -0.1) is 0 Å². The minimum atomic E-state index is -1.97. The Bertz CT molecular complexity index is 223. The van der Waals surface area contributed by atoms with E-state index in [4.69, 9.17) is 39.9 Å². The lowest BCUT2D eigenvalue weighted by Crippen LogP contribution is -2.32. The number of carboxylic acids is 1. The van der Waals surface area contributed by atoms with Crippen molar-refractivity contribution >= 4 is 46.7 Å². The average molecular weight is 264 g/mol. The Morgan fingerprint density at radius 1 is 1.43 bits per heavy atom. The zero-order valence-electron chi connectivity index (χ0n) is 7.30. The molecule has 0 aliphatic heterocycles. The standard InChI is InChI=1S/C7H9Cl3O4/c1-2-14-6(13)4(3-5(11)12)7(8,9)10/h4H,2-3H2,1H3,(H,11,12). The second-order valence-electron chi connectivity index (χ2n) is 2.44. The van der Waals surface area contributed by atoms with Gasteiger partial charge in [0, 0.05) is 0 Å². The highest BCUT2D eigenvalue weighted by atomic mass is 35.6. The van der Waals surface area contributed by atoms with Gasteiger partial charge in [0.2, 0.25) is 3.79 Å². The minimum Gasteiger partial charge on any atom is -0.481 e. The van der Waals surface area contributed by atoms with Gasteiger partial charge in [-0.3, -0.25) is 9.59 Å². The van der Waals surface area contributed by atoms with Crippen LogP contribution in [0.25, 0.3) is 0 Å². The van der Waals surface area contributed by atoms with Crippen LogP contribution in [0.4, 0.5) is 0 Å². The number of ether oxygens (including phenoxy) is 1. The predicted octanol–water partition coefficient (Wildman–Crippen LogP) is 2.01. The second-order valence-corrected chi connectivity index (χ2v) is 4.81. The highest BCUT2D eigenvalue weighted by molar-refractivity contribution is 6.68. The summed E-state index contributed by atoms with van der Waals surface area (Å²) in [4.78, 5) is 21.6. The van der Waals surface area contributed by atoms with Gasteiger partial charge >= 0.3 is 11.9 Å². The molecule has 0 rings (SSSR count). The number of hydrogen-bond acceptors (Lipinski definition) is 3. The Kier molecular flexibility index (Phi) is 5.56. The average Bonchev–Trinajstić information content (AvgIpc) is 1.98. The highest BCUT2D eigenvalue weighted by Crippen LogP contribution is 2.37. The van der Waals surface area contributed by atoms with Crippen molar-refractivity contribution in [3.8, 4) is 0 Å². The minimum absolute atomic E-state index is 0.107. The predicted molar refractivity (Wildman–Crippen MR) is 52.7 cm³/mol. The fourth-order valence-electron chi connectivity index (χ4n) is 0.750. The molecule has 1 N–H and O–H groups in total. The zero-order valence-corrected chi connectivity index (χ0v) is 9.57. The van der Waals surface area contributed by atoms with Crippen molar-refractivity contribution in [1.82, 2.24) is 0 Å². The van der Waals surface area contributed by atoms with Crippen LogP contribution in [-0.4, -0.2) is 27.4 Å². The lowest BCUT2D eigenvalue weighted by molar-refractivity contribution is -0.152. The fourth-order valence-corrected chi connectivity index (χ4v) is 1.25. The van der Waals surface area contributed by atoms with Gasteiger partial charge in [-0.1, -0.05) is 34.8 Å². The van der Waals surface area contributed by atoms with E-state index in [0.29, 0.717) is 0 Å². The Labute approximate surface area is 96.1 Å². The van der Waals surface area contributed by atoms with Crippen LogP contribution in [0.3, 0.4) is 0 Å². The number of hydrogen-bond donors (Lipinski definition) is 1. The zero-order chi connectivity index (χ0) is 11.4. The van der Waals surface area contributed by atoms with Gasteiger partial charge in [-0.2, -0.15) is 0 Å². The van der Waals surface area contributed by atoms with E-state index >= 15 is 0 Å². The molecule has 4 nitrogen and oxygen atoms in total. The molecule has 0 heterocycles. The van der Waals surface area contributed by atoms with E-state index in [1.165, 1.54) is 0 Å². The summed E-state index contributed by atoms with van der Waals surface area (Å²) in [6.45, 7) is 1.68. The molecule has 0 amide bonds. The summed E-state index contributed by atoms with van der Waals surface area (Å²) in [5, 5.41) is 8.48. The van der Waals surface area contributed by atoms with Crippen molar-refractivity contribution in [2.75, 3.05) is 6.61 Å². The fraction of sp³-hybridized carbons (Fsp3) is 0.714. The maximum absolute atomic E-state index is 11.2. The SMILES string of the molecule is CCOC(=O)C(CC(=O)O)C(Cl)(Cl)Cl. The first kappa shape index (κ1) is 13.8. The molecule has 14 heavy (non-hydrogen) atoms. The number of alkyl halides is 3. The molecule has 0 aliphatic carbocycles. The lowest BCUT2D eigenvalue weighted by Gasteiger charge is -2.20. The van der Waals surface area contributed by atoms with Gasteiger partial charge in [0.25, 0.3) is 0 Å². The van der Waals surface area contributed by atoms with Crippen LogP contribution in [0, 0.1) is 5.92 Å². The summed E-state index contributed by atoms with van der Waals surface area (Å²) in [6.07, 6.45) is -0.574. The third-order valence-corrected chi connectivity index (χ3v) is 2.14. The van der Waals surface area contributed by atoms with Gasteiger partial charge in [0.15, 0.2) is 0 Å². The Morgan fingerprint density at radius 3 is 2.21 bits per heavy atom. The summed E-state index contributed by atoms with van der Waals surface area (Å²) >= 11 is 16.3. The summed E-state index contributed by atoms with van der Waals surface area (Å²) in [7, 11) is 0. The smallest absolute Gasteiger partial charge is 0.313 e. The van der Waals surface area contributed by atoms with E-state index in [1.54, 1.807) is 6.92 Å². The van der Waals surface area contributed by atoms with Crippen molar-refractivity contribution in [3.63, 3.8) is 0 Å². The molecule has 1 atom stereocenters. The monoisotopic (exact) mass is 262 g/mol. The molecule has 0 spiro atoms. The first-order valence-corrected chi connectivity index (χ1v) is 4.87. The largest absolute Gasteiger partial charge is 0.481 e. The Hall–Kier alpha value is -0.190. The quantitative estimate of drug-likeness (QED) is 0.622. The normalized spacial score (nSPS) is 13.4. The molecule has 1 unspecified atom stereocenters. The summed E-state index contributed by atoms with van der Waals surface area (Å²) in [5.74, 6) is -3.34. The molecule has 0 fully saturated rings. The maximum Gasteiger partial charge on any atom is 0.313 e. The summed E-state index contributed by atoms with van der Waals surface area (Å²) < 4.78 is 2.61. The van der Waals surface area contributed by atoms with Crippen molar-refractivity contribution in [2.45, 2.75) is 17.1 Å². The number of carboxylic acid groups (broad SMARTS) is 1. The van der Waals surface area contributed by atoms with Crippen LogP contribution in [0.15, 0.2) is 0 Å². The molecule has 0 saturated carbocycles. The van der Waals surface area contributed by atoms with Crippen LogP contribution in [-0.2, 0) is 14.3 Å². The first-order chi connectivity index (χ1) is 6.29. The maximum atomic E-state index is 11.2. The van der Waals surface area contributed by atoms with Crippen LogP contribution in [0.2, 0.25) is 0 Å². The molecule has 0 radical (unpaired) electrons. The Balaban J connectivity index is 4.55. The van der Waals surface area contributed by atoms with Gasteiger partial charge in [0.1, 0.15) is 5.92 Å². The van der Waals surface area contributed by atoms with E-state index < -0.39 is 28.1 Å². The third-order valence-electron chi connectivity index (χ3n) is 1.34. The number of rotatable bonds is 4. The van der Waals surface area contributed by atoms with Crippen molar-refractivity contribution in [1.29, 1.82) is 0 Å². The van der Waals surface area contributed by atoms with E-state index in [2.05, 4.69) is 4.74 Å². The number of carbonyl (C=O) groups excluding carboxylic acids is 1. The number of aliphatic carboxylic acids is 1. The molecule has 7 heteroatoms. The molecule has 82 valence electrons. The van der Waals surface area contributed by atoms with E-state index in [9.17, 15) is 9.59 Å². The van der Waals surface area contributed by atoms with Gasteiger partial charge in [0.05, 0.1) is 13.0 Å². The number of halogens is 3. The summed E-state index contributed by atoms with van der Waals surface area (Å²) in [5.41, 5.74) is 0. The van der Waals surface area contributed by atoms with E-state index in [-0.39, 0.29) is 6.61 Å². The van der Waals surface area contributed by atoms with Crippen LogP contribution in [0.1, 0.15) is 13.3 Å². The molecule has 0 aliphatic rings. The third kappa shape index (κ3) is 4.88. The van der Waals surface area contributed by atoms with Crippen LogP contribution in [0.5, 0.6) is 0 Å². The second kappa shape index (κ2) is 5.63. The van der Waals surface area contributed by atoms with Gasteiger partial charge < -0.3 is 9.84 Å². The Morgan fingerprint density at radius 2 is 1.93 bits per heavy atom. The summed E-state index contributed by atoms with van der Waals surface area (Å²) in [6, 6.07) is 0. The molecule has 0 saturated heterocycles. The topological polar surface area (TPSA) is 63.6 Å². The first-order valence-electron chi connectivity index (χ1n) is 3.74. The van der Waals surface area contributed by atoms with Gasteiger partial charge in [-0.25, -0.2) is 0 Å². The van der Waals surface area contributed by atoms with E-state index in [1.807, 2.05) is 0 Å². The lowest BCUT2D eigenvalue weighted by atomic mass is 10.1. The molecule has 0 aromatic heterocycles. The van der Waals surface area contributed by atoms with Crippen molar-refractivity contribution in [2.24, 2.45) is 5.92 Å². The van der Waals surface area contributed by atoms with E-state index in [0.717, 1.165) is 0 Å². The molecular formula is C7H9Cl3O4. The number of carbonyl (C=O) groups is 2. The molecule has 0 aromatic rings. The molecule has 0 aromatic carbocycles. The van der Waals surface area contributed by atoms with Gasteiger partial charge in [-0.05, 0) is 6.92 Å². The number of esters is 1. The van der Waals surface area contributed by atoms with Crippen molar-refractivity contribution < 1.29 is 19.4 Å². The highest BCUT2D eigenvalue weighted by Gasteiger charge is 2.40.